The number of rotatable bonds is 5. The molecule has 2 N–H and O–H groups in total. The van der Waals surface area contributed by atoms with E-state index in [0.29, 0.717) is 34.3 Å². The van der Waals surface area contributed by atoms with Gasteiger partial charge >= 0.3 is 0 Å². The molecule has 0 aliphatic rings. The van der Waals surface area contributed by atoms with E-state index in [1.807, 2.05) is 30.3 Å². The van der Waals surface area contributed by atoms with Gasteiger partial charge in [-0.1, -0.05) is 41.4 Å². The van der Waals surface area contributed by atoms with Crippen LogP contribution >= 0.6 is 23.2 Å². The van der Waals surface area contributed by atoms with Crippen LogP contribution < -0.4 is 10.5 Å². The first-order valence-corrected chi connectivity index (χ1v) is 9.19. The number of hydrogen-bond donors (Lipinski definition) is 1. The summed E-state index contributed by atoms with van der Waals surface area (Å²) in [6, 6.07) is 14.7. The molecule has 6 nitrogen and oxygen atoms in total. The smallest absolute Gasteiger partial charge is 0.253 e. The van der Waals surface area contributed by atoms with Gasteiger partial charge in [0.15, 0.2) is 5.96 Å². The van der Waals surface area contributed by atoms with Crippen molar-refractivity contribution in [3.63, 3.8) is 0 Å². The second-order valence-electron chi connectivity index (χ2n) is 6.16. The lowest BCUT2D eigenvalue weighted by Crippen LogP contribution is -2.29. The van der Waals surface area contributed by atoms with Gasteiger partial charge in [0.1, 0.15) is 12.4 Å². The van der Waals surface area contributed by atoms with Gasteiger partial charge in [-0.05, 0) is 30.3 Å². The molecule has 8 heteroatoms. The number of aromatic nitrogens is 2. The first kappa shape index (κ1) is 19.9. The fraction of sp³-hybridized carbons (Fsp3) is 0.150. The van der Waals surface area contributed by atoms with E-state index in [0.717, 1.165) is 16.8 Å². The minimum Gasteiger partial charge on any atom is -0.489 e. The van der Waals surface area contributed by atoms with Crippen LogP contribution in [-0.2, 0) is 6.61 Å². The van der Waals surface area contributed by atoms with Crippen LogP contribution in [-0.4, -0.2) is 34.9 Å². The maximum Gasteiger partial charge on any atom is 0.253 e. The molecule has 0 aliphatic carbocycles. The molecule has 28 heavy (non-hydrogen) atoms. The summed E-state index contributed by atoms with van der Waals surface area (Å²) in [4.78, 5) is 14.5. The minimum atomic E-state index is 0.294. The lowest BCUT2D eigenvalue weighted by Gasteiger charge is -2.10. The Balaban J connectivity index is 1.79. The number of nitrogens with two attached hydrogens (primary N) is 1. The standard InChI is InChI=1S/C20H19Cl2N5O/c1-27(2)19(23)26-20-24-9-8-18(25-20)13-4-3-5-16(10-13)28-12-14-6-7-15(21)11-17(14)22/h3-11H,12H2,1-2H3,(H2,23,24,25,26). The molecule has 0 saturated carbocycles. The summed E-state index contributed by atoms with van der Waals surface area (Å²) in [6.45, 7) is 0.331. The molecule has 3 aromatic rings. The van der Waals surface area contributed by atoms with Crippen molar-refractivity contribution in [2.45, 2.75) is 6.61 Å². The van der Waals surface area contributed by atoms with Gasteiger partial charge in [-0.3, -0.25) is 0 Å². The quantitative estimate of drug-likeness (QED) is 0.488. The zero-order chi connectivity index (χ0) is 20.1. The third-order valence-corrected chi connectivity index (χ3v) is 4.44. The monoisotopic (exact) mass is 415 g/mol. The van der Waals surface area contributed by atoms with Crippen LogP contribution in [0.3, 0.4) is 0 Å². The minimum absolute atomic E-state index is 0.294. The first-order chi connectivity index (χ1) is 13.4. The maximum absolute atomic E-state index is 6.20. The van der Waals surface area contributed by atoms with Crippen LogP contribution in [0.25, 0.3) is 11.3 Å². The van der Waals surface area contributed by atoms with E-state index < -0.39 is 0 Å². The molecule has 0 radical (unpaired) electrons. The molecule has 0 spiro atoms. The van der Waals surface area contributed by atoms with Gasteiger partial charge in [0.25, 0.3) is 5.95 Å². The zero-order valence-corrected chi connectivity index (χ0v) is 16.9. The van der Waals surface area contributed by atoms with Crippen LogP contribution in [0.2, 0.25) is 10.0 Å². The zero-order valence-electron chi connectivity index (χ0n) is 15.4. The number of benzene rings is 2. The largest absolute Gasteiger partial charge is 0.489 e. The average molecular weight is 416 g/mol. The predicted molar refractivity (Wildman–Crippen MR) is 113 cm³/mol. The van der Waals surface area contributed by atoms with Crippen LogP contribution in [0.4, 0.5) is 5.95 Å². The third kappa shape index (κ3) is 5.12. The summed E-state index contributed by atoms with van der Waals surface area (Å²) in [5.74, 6) is 1.32. The van der Waals surface area contributed by atoms with Gasteiger partial charge in [0.2, 0.25) is 0 Å². The molecule has 0 atom stereocenters. The molecule has 0 unspecified atom stereocenters. The average Bonchev–Trinajstić information content (AvgIpc) is 2.67. The van der Waals surface area contributed by atoms with Crippen molar-refractivity contribution in [2.75, 3.05) is 14.1 Å². The van der Waals surface area contributed by atoms with Gasteiger partial charge in [-0.25, -0.2) is 9.97 Å². The molecule has 1 aromatic heterocycles. The Morgan fingerprint density at radius 3 is 2.71 bits per heavy atom. The molecular weight excluding hydrogens is 397 g/mol. The second-order valence-corrected chi connectivity index (χ2v) is 7.00. The Hall–Kier alpha value is -2.83. The lowest BCUT2D eigenvalue weighted by molar-refractivity contribution is 0.306. The highest BCUT2D eigenvalue weighted by atomic mass is 35.5. The molecule has 0 amide bonds. The van der Waals surface area contributed by atoms with Gasteiger partial charge < -0.3 is 15.4 Å². The molecule has 0 bridgehead atoms. The van der Waals surface area contributed by atoms with Crippen molar-refractivity contribution < 1.29 is 4.74 Å². The Morgan fingerprint density at radius 1 is 1.14 bits per heavy atom. The van der Waals surface area contributed by atoms with Crippen LogP contribution in [0.5, 0.6) is 5.75 Å². The van der Waals surface area contributed by atoms with Crippen molar-refractivity contribution in [1.29, 1.82) is 0 Å². The Kier molecular flexibility index (Phi) is 6.34. The highest BCUT2D eigenvalue weighted by Crippen LogP contribution is 2.26. The molecule has 144 valence electrons. The summed E-state index contributed by atoms with van der Waals surface area (Å²) in [5.41, 5.74) is 8.29. The highest BCUT2D eigenvalue weighted by molar-refractivity contribution is 6.35. The van der Waals surface area contributed by atoms with Crippen molar-refractivity contribution >= 4 is 35.1 Å². The third-order valence-electron chi connectivity index (χ3n) is 3.85. The van der Waals surface area contributed by atoms with E-state index in [9.17, 15) is 0 Å². The Labute approximate surface area is 173 Å². The van der Waals surface area contributed by atoms with E-state index in [2.05, 4.69) is 15.0 Å². The number of hydrogen-bond acceptors (Lipinski definition) is 4. The lowest BCUT2D eigenvalue weighted by atomic mass is 10.1. The Bertz CT molecular complexity index is 1010. The fourth-order valence-electron chi connectivity index (χ4n) is 2.31. The number of aliphatic imine (C=N–C) groups is 1. The van der Waals surface area contributed by atoms with Crippen molar-refractivity contribution in [2.24, 2.45) is 10.7 Å². The van der Waals surface area contributed by atoms with Gasteiger partial charge in [0.05, 0.1) is 5.69 Å². The van der Waals surface area contributed by atoms with Gasteiger partial charge in [-0.15, -0.1) is 0 Å². The van der Waals surface area contributed by atoms with Crippen molar-refractivity contribution in [1.82, 2.24) is 14.9 Å². The van der Waals surface area contributed by atoms with E-state index in [4.69, 9.17) is 33.7 Å². The molecule has 0 aliphatic heterocycles. The van der Waals surface area contributed by atoms with Gasteiger partial charge in [0, 0.05) is 41.5 Å². The summed E-state index contributed by atoms with van der Waals surface area (Å²) >= 11 is 12.1. The number of nitrogens with zero attached hydrogens (tertiary/aromatic N) is 4. The maximum atomic E-state index is 6.20. The van der Waals surface area contributed by atoms with Crippen LogP contribution in [0.15, 0.2) is 59.7 Å². The summed E-state index contributed by atoms with van der Waals surface area (Å²) in [6.07, 6.45) is 1.64. The molecule has 0 saturated heterocycles. The van der Waals surface area contributed by atoms with E-state index in [-0.39, 0.29) is 0 Å². The number of halogens is 2. The Morgan fingerprint density at radius 2 is 1.96 bits per heavy atom. The van der Waals surface area contributed by atoms with Crippen LogP contribution in [0, 0.1) is 0 Å². The van der Waals surface area contributed by atoms with E-state index in [1.165, 1.54) is 0 Å². The van der Waals surface area contributed by atoms with Gasteiger partial charge in [-0.2, -0.15) is 4.99 Å². The second kappa shape index (κ2) is 8.91. The fourth-order valence-corrected chi connectivity index (χ4v) is 2.77. The number of guanidine groups is 1. The highest BCUT2D eigenvalue weighted by Gasteiger charge is 2.06. The molecule has 0 fully saturated rings. The summed E-state index contributed by atoms with van der Waals surface area (Å²) < 4.78 is 5.88. The molecular formula is C20H19Cl2N5O. The van der Waals surface area contributed by atoms with E-state index >= 15 is 0 Å². The van der Waals surface area contributed by atoms with Crippen molar-refractivity contribution in [3.8, 4) is 17.0 Å². The van der Waals surface area contributed by atoms with Crippen LogP contribution in [0.1, 0.15) is 5.56 Å². The first-order valence-electron chi connectivity index (χ1n) is 8.44. The van der Waals surface area contributed by atoms with Crippen molar-refractivity contribution in [3.05, 3.63) is 70.3 Å². The molecule has 3 rings (SSSR count). The predicted octanol–water partition coefficient (Wildman–Crippen LogP) is 4.54. The summed E-state index contributed by atoms with van der Waals surface area (Å²) in [7, 11) is 3.60. The topological polar surface area (TPSA) is 76.6 Å². The molecule has 1 heterocycles. The summed E-state index contributed by atoms with van der Waals surface area (Å²) in [5, 5.41) is 1.16. The SMILES string of the molecule is CN(C)/C(N)=N\c1nccc(-c2cccc(OCc3ccc(Cl)cc3Cl)c2)n1. The van der Waals surface area contributed by atoms with E-state index in [1.54, 1.807) is 43.4 Å². The number of ether oxygens (including phenoxy) is 1. The molecule has 2 aromatic carbocycles. The normalized spacial score (nSPS) is 11.4.